The van der Waals surface area contributed by atoms with Crippen molar-refractivity contribution in [3.05, 3.63) is 0 Å². The number of piperidine rings is 2. The summed E-state index contributed by atoms with van der Waals surface area (Å²) in [4.78, 5) is 16.3. The number of sulfonamides is 1. The number of carbonyl (C=O) groups excluding carboxylic acids is 1. The summed E-state index contributed by atoms with van der Waals surface area (Å²) in [5.74, 6) is 0.365. The third-order valence-electron chi connectivity index (χ3n) is 4.89. The van der Waals surface area contributed by atoms with Crippen LogP contribution in [0.15, 0.2) is 0 Å². The summed E-state index contributed by atoms with van der Waals surface area (Å²) in [5, 5.41) is 0. The minimum atomic E-state index is -3.12. The Morgan fingerprint density at radius 2 is 1.81 bits per heavy atom. The quantitative estimate of drug-likeness (QED) is 0.751. The van der Waals surface area contributed by atoms with Crippen LogP contribution >= 0.6 is 0 Å². The van der Waals surface area contributed by atoms with Gasteiger partial charge in [-0.2, -0.15) is 0 Å². The first-order chi connectivity index (χ1) is 9.86. The minimum absolute atomic E-state index is 0.00205. The van der Waals surface area contributed by atoms with Crippen LogP contribution < -0.4 is 0 Å². The lowest BCUT2D eigenvalue weighted by Gasteiger charge is -2.42. The Kier molecular flexibility index (Phi) is 5.27. The maximum atomic E-state index is 12.2. The summed E-state index contributed by atoms with van der Waals surface area (Å²) in [6.07, 6.45) is 3.60. The Labute approximate surface area is 128 Å². The normalized spacial score (nSPS) is 26.6. The number of amides is 1. The minimum Gasteiger partial charge on any atom is -0.344 e. The molecule has 1 atom stereocenters. The summed E-state index contributed by atoms with van der Waals surface area (Å²) in [7, 11) is 0.423. The number of carbonyl (C=O) groups is 1. The van der Waals surface area contributed by atoms with Crippen LogP contribution in [0.2, 0.25) is 0 Å². The molecule has 7 heteroatoms. The van der Waals surface area contributed by atoms with Crippen LogP contribution in [0, 0.1) is 0 Å². The van der Waals surface area contributed by atoms with E-state index in [1.165, 1.54) is 4.31 Å². The molecular formula is C14H27N3O3S. The molecule has 0 aromatic carbocycles. The first kappa shape index (κ1) is 16.7. The number of hydrogen-bond acceptors (Lipinski definition) is 4. The third-order valence-corrected chi connectivity index (χ3v) is 6.80. The van der Waals surface area contributed by atoms with Crippen molar-refractivity contribution in [3.63, 3.8) is 0 Å². The molecule has 0 saturated carbocycles. The van der Waals surface area contributed by atoms with Crippen LogP contribution in [-0.4, -0.2) is 80.0 Å². The Balaban J connectivity index is 1.93. The SMILES string of the molecule is CCS(=O)(=O)N(C)C1CCN([C@H]2CCCN(C)C2=O)CC1. The molecule has 2 heterocycles. The third kappa shape index (κ3) is 3.57. The van der Waals surface area contributed by atoms with Crippen molar-refractivity contribution in [2.45, 2.75) is 44.7 Å². The van der Waals surface area contributed by atoms with Crippen LogP contribution in [-0.2, 0) is 14.8 Å². The standard InChI is InChI=1S/C14H27N3O3S/c1-4-21(19,20)16(3)12-7-10-17(11-8-12)13-6-5-9-15(2)14(13)18/h12-13H,4-11H2,1-3H3/t13-/m0/s1. The van der Waals surface area contributed by atoms with Gasteiger partial charge in [-0.1, -0.05) is 0 Å². The second-order valence-electron chi connectivity index (χ2n) is 6.10. The lowest BCUT2D eigenvalue weighted by Crippen LogP contribution is -2.55. The van der Waals surface area contributed by atoms with Gasteiger partial charge in [0, 0.05) is 39.8 Å². The van der Waals surface area contributed by atoms with Gasteiger partial charge in [-0.05, 0) is 32.6 Å². The van der Waals surface area contributed by atoms with E-state index in [1.54, 1.807) is 14.0 Å². The van der Waals surface area contributed by atoms with Gasteiger partial charge in [0.05, 0.1) is 11.8 Å². The molecule has 0 radical (unpaired) electrons. The average Bonchev–Trinajstić information content (AvgIpc) is 2.49. The number of rotatable bonds is 4. The maximum Gasteiger partial charge on any atom is 0.239 e. The van der Waals surface area contributed by atoms with Gasteiger partial charge in [-0.15, -0.1) is 0 Å². The summed E-state index contributed by atoms with van der Waals surface area (Å²) >= 11 is 0. The fourth-order valence-corrected chi connectivity index (χ4v) is 4.41. The number of hydrogen-bond donors (Lipinski definition) is 0. The molecule has 1 amide bonds. The highest BCUT2D eigenvalue weighted by molar-refractivity contribution is 7.89. The molecule has 21 heavy (non-hydrogen) atoms. The highest BCUT2D eigenvalue weighted by Crippen LogP contribution is 2.23. The Hall–Kier alpha value is -0.660. The summed E-state index contributed by atoms with van der Waals surface area (Å²) in [5.41, 5.74) is 0. The zero-order chi connectivity index (χ0) is 15.6. The number of nitrogens with zero attached hydrogens (tertiary/aromatic N) is 3. The van der Waals surface area contributed by atoms with Crippen molar-refractivity contribution < 1.29 is 13.2 Å². The highest BCUT2D eigenvalue weighted by atomic mass is 32.2. The van der Waals surface area contributed by atoms with Crippen LogP contribution in [0.1, 0.15) is 32.6 Å². The van der Waals surface area contributed by atoms with E-state index >= 15 is 0 Å². The van der Waals surface area contributed by atoms with E-state index < -0.39 is 10.0 Å². The predicted octanol–water partition coefficient (Wildman–Crippen LogP) is 0.353. The van der Waals surface area contributed by atoms with Crippen LogP contribution in [0.5, 0.6) is 0 Å². The van der Waals surface area contributed by atoms with E-state index in [0.717, 1.165) is 45.3 Å². The summed E-state index contributed by atoms with van der Waals surface area (Å²) in [6.45, 7) is 4.14. The Morgan fingerprint density at radius 3 is 2.38 bits per heavy atom. The van der Waals surface area contributed by atoms with Gasteiger partial charge in [0.25, 0.3) is 0 Å². The van der Waals surface area contributed by atoms with Crippen molar-refractivity contribution in [2.75, 3.05) is 39.5 Å². The van der Waals surface area contributed by atoms with E-state index in [-0.39, 0.29) is 23.7 Å². The lowest BCUT2D eigenvalue weighted by molar-refractivity contribution is -0.139. The highest BCUT2D eigenvalue weighted by Gasteiger charge is 2.35. The van der Waals surface area contributed by atoms with Crippen LogP contribution in [0.25, 0.3) is 0 Å². The second kappa shape index (κ2) is 6.62. The van der Waals surface area contributed by atoms with Gasteiger partial charge in [0.15, 0.2) is 0 Å². The van der Waals surface area contributed by atoms with Gasteiger partial charge in [-0.25, -0.2) is 12.7 Å². The van der Waals surface area contributed by atoms with Gasteiger partial charge < -0.3 is 4.90 Å². The molecule has 2 fully saturated rings. The molecule has 2 aliphatic rings. The monoisotopic (exact) mass is 317 g/mol. The molecule has 2 rings (SSSR count). The summed E-state index contributed by atoms with van der Waals surface area (Å²) < 4.78 is 25.4. The molecule has 6 nitrogen and oxygen atoms in total. The number of likely N-dealkylation sites (tertiary alicyclic amines) is 2. The smallest absolute Gasteiger partial charge is 0.239 e. The molecule has 2 saturated heterocycles. The molecule has 122 valence electrons. The van der Waals surface area contributed by atoms with Gasteiger partial charge in [0.1, 0.15) is 0 Å². The van der Waals surface area contributed by atoms with Crippen molar-refractivity contribution in [3.8, 4) is 0 Å². The Morgan fingerprint density at radius 1 is 1.19 bits per heavy atom. The molecule has 0 spiro atoms. The first-order valence-electron chi connectivity index (χ1n) is 7.81. The second-order valence-corrected chi connectivity index (χ2v) is 8.42. The van der Waals surface area contributed by atoms with Gasteiger partial charge in [-0.3, -0.25) is 9.69 Å². The Bertz CT molecular complexity index is 472. The molecule has 0 N–H and O–H groups in total. The van der Waals surface area contributed by atoms with Crippen LogP contribution in [0.3, 0.4) is 0 Å². The van der Waals surface area contributed by atoms with E-state index in [1.807, 2.05) is 11.9 Å². The van der Waals surface area contributed by atoms with Crippen molar-refractivity contribution in [2.24, 2.45) is 0 Å². The average molecular weight is 317 g/mol. The van der Waals surface area contributed by atoms with E-state index in [9.17, 15) is 13.2 Å². The predicted molar refractivity (Wildman–Crippen MR) is 82.5 cm³/mol. The molecule has 0 unspecified atom stereocenters. The fourth-order valence-electron chi connectivity index (χ4n) is 3.34. The topological polar surface area (TPSA) is 60.9 Å². The molecule has 0 aliphatic carbocycles. The molecule has 0 aromatic heterocycles. The largest absolute Gasteiger partial charge is 0.344 e. The zero-order valence-corrected chi connectivity index (χ0v) is 14.1. The molecule has 0 bridgehead atoms. The van der Waals surface area contributed by atoms with Crippen molar-refractivity contribution >= 4 is 15.9 Å². The zero-order valence-electron chi connectivity index (χ0n) is 13.3. The van der Waals surface area contributed by atoms with Crippen molar-refractivity contribution in [1.82, 2.24) is 14.1 Å². The fraction of sp³-hybridized carbons (Fsp3) is 0.929. The summed E-state index contributed by atoms with van der Waals surface area (Å²) in [6, 6.07) is 0.0698. The maximum absolute atomic E-state index is 12.2. The van der Waals surface area contributed by atoms with Crippen molar-refractivity contribution in [1.29, 1.82) is 0 Å². The molecule has 2 aliphatic heterocycles. The lowest BCUT2D eigenvalue weighted by atomic mass is 9.98. The first-order valence-corrected chi connectivity index (χ1v) is 9.42. The molecular weight excluding hydrogens is 290 g/mol. The van der Waals surface area contributed by atoms with E-state index in [4.69, 9.17) is 0 Å². The molecule has 0 aromatic rings. The van der Waals surface area contributed by atoms with E-state index in [2.05, 4.69) is 4.90 Å². The van der Waals surface area contributed by atoms with Crippen LogP contribution in [0.4, 0.5) is 0 Å². The van der Waals surface area contributed by atoms with Gasteiger partial charge >= 0.3 is 0 Å². The van der Waals surface area contributed by atoms with E-state index in [0.29, 0.717) is 0 Å². The number of likely N-dealkylation sites (N-methyl/N-ethyl adjacent to an activating group) is 1. The van der Waals surface area contributed by atoms with Gasteiger partial charge in [0.2, 0.25) is 15.9 Å².